The number of hydrogen-bond donors (Lipinski definition) is 1. The molecule has 1 atom stereocenters. The number of nitro benzene ring substituents is 1. The van der Waals surface area contributed by atoms with Crippen molar-refractivity contribution in [1.29, 1.82) is 0 Å². The summed E-state index contributed by atoms with van der Waals surface area (Å²) in [5, 5.41) is 14.0. The highest BCUT2D eigenvalue weighted by molar-refractivity contribution is 14.1. The standard InChI is InChI=1S/C11H14IN3O2/c1-8-7-14(5-4-13-8)11-3-2-9(15(16)17)6-10(11)12/h2-3,6,8,13H,4-5,7H2,1H3/t8-/m0/s1. The Hall–Kier alpha value is -0.890. The molecule has 2 rings (SSSR count). The lowest BCUT2D eigenvalue weighted by Gasteiger charge is -2.34. The van der Waals surface area contributed by atoms with Crippen LogP contribution < -0.4 is 10.2 Å². The van der Waals surface area contributed by atoms with Crippen molar-refractivity contribution in [1.82, 2.24) is 5.32 Å². The molecule has 1 saturated heterocycles. The third-order valence-corrected chi connectivity index (χ3v) is 3.72. The number of nitrogens with zero attached hydrogens (tertiary/aromatic N) is 2. The van der Waals surface area contributed by atoms with Gasteiger partial charge in [0.25, 0.3) is 5.69 Å². The predicted molar refractivity (Wildman–Crippen MR) is 75.5 cm³/mol. The first-order valence-corrected chi connectivity index (χ1v) is 6.58. The molecule has 1 fully saturated rings. The van der Waals surface area contributed by atoms with E-state index in [0.717, 1.165) is 28.9 Å². The van der Waals surface area contributed by atoms with Gasteiger partial charge in [-0.15, -0.1) is 0 Å². The normalized spacial score (nSPS) is 20.4. The Balaban J connectivity index is 2.23. The van der Waals surface area contributed by atoms with Crippen LogP contribution in [-0.4, -0.2) is 30.6 Å². The van der Waals surface area contributed by atoms with Crippen molar-refractivity contribution in [2.45, 2.75) is 13.0 Å². The quantitative estimate of drug-likeness (QED) is 0.505. The Bertz CT molecular complexity index is 439. The van der Waals surface area contributed by atoms with E-state index in [4.69, 9.17) is 0 Å². The molecule has 6 heteroatoms. The van der Waals surface area contributed by atoms with Gasteiger partial charge in [-0.05, 0) is 35.6 Å². The highest BCUT2D eigenvalue weighted by Gasteiger charge is 2.19. The number of rotatable bonds is 2. The summed E-state index contributed by atoms with van der Waals surface area (Å²) >= 11 is 2.16. The van der Waals surface area contributed by atoms with Crippen molar-refractivity contribution in [2.24, 2.45) is 0 Å². The smallest absolute Gasteiger partial charge is 0.270 e. The zero-order chi connectivity index (χ0) is 12.4. The minimum absolute atomic E-state index is 0.154. The summed E-state index contributed by atoms with van der Waals surface area (Å²) in [4.78, 5) is 12.6. The fourth-order valence-corrected chi connectivity index (χ4v) is 2.86. The van der Waals surface area contributed by atoms with E-state index in [0.29, 0.717) is 6.04 Å². The van der Waals surface area contributed by atoms with E-state index in [2.05, 4.69) is 39.7 Å². The maximum atomic E-state index is 10.7. The minimum Gasteiger partial charge on any atom is -0.368 e. The van der Waals surface area contributed by atoms with Gasteiger partial charge in [-0.3, -0.25) is 10.1 Å². The molecule has 1 aliphatic heterocycles. The van der Waals surface area contributed by atoms with E-state index in [1.54, 1.807) is 12.1 Å². The summed E-state index contributed by atoms with van der Waals surface area (Å²) in [5.74, 6) is 0. The third-order valence-electron chi connectivity index (χ3n) is 2.85. The summed E-state index contributed by atoms with van der Waals surface area (Å²) in [7, 11) is 0. The second-order valence-corrected chi connectivity index (χ2v) is 5.36. The van der Waals surface area contributed by atoms with Gasteiger partial charge in [-0.1, -0.05) is 0 Å². The number of nitro groups is 1. The van der Waals surface area contributed by atoms with Crippen LogP contribution in [0.1, 0.15) is 6.92 Å². The van der Waals surface area contributed by atoms with Gasteiger partial charge in [0.2, 0.25) is 0 Å². The molecule has 0 aromatic heterocycles. The number of benzene rings is 1. The number of anilines is 1. The molecule has 0 bridgehead atoms. The van der Waals surface area contributed by atoms with Gasteiger partial charge in [0.15, 0.2) is 0 Å². The van der Waals surface area contributed by atoms with Gasteiger partial charge >= 0.3 is 0 Å². The second-order valence-electron chi connectivity index (χ2n) is 4.19. The summed E-state index contributed by atoms with van der Waals surface area (Å²) in [6.07, 6.45) is 0. The molecule has 0 saturated carbocycles. The highest BCUT2D eigenvalue weighted by atomic mass is 127. The molecular weight excluding hydrogens is 333 g/mol. The van der Waals surface area contributed by atoms with Crippen molar-refractivity contribution >= 4 is 34.0 Å². The number of non-ortho nitro benzene ring substituents is 1. The van der Waals surface area contributed by atoms with Gasteiger partial charge in [0.05, 0.1) is 10.6 Å². The van der Waals surface area contributed by atoms with Crippen LogP contribution in [0.3, 0.4) is 0 Å². The first-order chi connectivity index (χ1) is 8.08. The number of nitrogens with one attached hydrogen (secondary N) is 1. The van der Waals surface area contributed by atoms with E-state index < -0.39 is 0 Å². The zero-order valence-corrected chi connectivity index (χ0v) is 11.7. The van der Waals surface area contributed by atoms with E-state index >= 15 is 0 Å². The third kappa shape index (κ3) is 2.86. The summed E-state index contributed by atoms with van der Waals surface area (Å²) in [5.41, 5.74) is 1.24. The Kier molecular flexibility index (Phi) is 3.82. The van der Waals surface area contributed by atoms with Crippen molar-refractivity contribution in [2.75, 3.05) is 24.5 Å². The average molecular weight is 347 g/mol. The van der Waals surface area contributed by atoms with Crippen LogP contribution in [0.2, 0.25) is 0 Å². The molecule has 5 nitrogen and oxygen atoms in total. The molecule has 1 N–H and O–H groups in total. The molecule has 1 heterocycles. The fourth-order valence-electron chi connectivity index (χ4n) is 2.02. The molecule has 1 aliphatic rings. The Labute approximate surface area is 113 Å². The second kappa shape index (κ2) is 5.18. The molecule has 0 radical (unpaired) electrons. The van der Waals surface area contributed by atoms with Crippen molar-refractivity contribution in [3.63, 3.8) is 0 Å². The lowest BCUT2D eigenvalue weighted by Crippen LogP contribution is -2.49. The monoisotopic (exact) mass is 347 g/mol. The van der Waals surface area contributed by atoms with Crippen LogP contribution in [0, 0.1) is 13.7 Å². The van der Waals surface area contributed by atoms with E-state index in [9.17, 15) is 10.1 Å². The minimum atomic E-state index is -0.355. The maximum absolute atomic E-state index is 10.7. The van der Waals surface area contributed by atoms with E-state index in [1.165, 1.54) is 0 Å². The van der Waals surface area contributed by atoms with Crippen molar-refractivity contribution in [3.8, 4) is 0 Å². The van der Waals surface area contributed by atoms with Gasteiger partial charge in [-0.25, -0.2) is 0 Å². The molecule has 0 amide bonds. The number of piperazine rings is 1. The van der Waals surface area contributed by atoms with Crippen molar-refractivity contribution in [3.05, 3.63) is 31.9 Å². The van der Waals surface area contributed by atoms with Crippen LogP contribution in [0.15, 0.2) is 18.2 Å². The van der Waals surface area contributed by atoms with Gasteiger partial charge in [-0.2, -0.15) is 0 Å². The largest absolute Gasteiger partial charge is 0.368 e. The Morgan fingerprint density at radius 2 is 2.35 bits per heavy atom. The predicted octanol–water partition coefficient (Wildman–Crippen LogP) is 2.00. The Morgan fingerprint density at radius 1 is 1.59 bits per heavy atom. The van der Waals surface area contributed by atoms with Crippen LogP contribution in [0.5, 0.6) is 0 Å². The SMILES string of the molecule is C[C@H]1CN(c2ccc([N+](=O)[O-])cc2I)CCN1. The van der Waals surface area contributed by atoms with Gasteiger partial charge < -0.3 is 10.2 Å². The van der Waals surface area contributed by atoms with E-state index in [-0.39, 0.29) is 10.6 Å². The molecular formula is C11H14IN3O2. The molecule has 1 aromatic carbocycles. The van der Waals surface area contributed by atoms with Gasteiger partial charge in [0, 0.05) is 41.4 Å². The average Bonchev–Trinajstić information content (AvgIpc) is 2.28. The summed E-state index contributed by atoms with van der Waals surface area (Å²) in [6, 6.07) is 5.50. The molecule has 0 unspecified atom stereocenters. The molecule has 0 aliphatic carbocycles. The summed E-state index contributed by atoms with van der Waals surface area (Å²) in [6.45, 7) is 4.98. The topological polar surface area (TPSA) is 58.4 Å². The first kappa shape index (κ1) is 12.6. The first-order valence-electron chi connectivity index (χ1n) is 5.50. The molecule has 92 valence electrons. The van der Waals surface area contributed by atoms with Crippen LogP contribution in [-0.2, 0) is 0 Å². The van der Waals surface area contributed by atoms with Crippen LogP contribution in [0.4, 0.5) is 11.4 Å². The number of hydrogen-bond acceptors (Lipinski definition) is 4. The van der Waals surface area contributed by atoms with Crippen LogP contribution >= 0.6 is 22.6 Å². The fraction of sp³-hybridized carbons (Fsp3) is 0.455. The van der Waals surface area contributed by atoms with Gasteiger partial charge in [0.1, 0.15) is 0 Å². The molecule has 17 heavy (non-hydrogen) atoms. The Morgan fingerprint density at radius 3 is 2.94 bits per heavy atom. The zero-order valence-electron chi connectivity index (χ0n) is 9.52. The summed E-state index contributed by atoms with van der Waals surface area (Å²) < 4.78 is 0.936. The number of halogens is 1. The van der Waals surface area contributed by atoms with Crippen molar-refractivity contribution < 1.29 is 4.92 Å². The highest BCUT2D eigenvalue weighted by Crippen LogP contribution is 2.27. The lowest BCUT2D eigenvalue weighted by molar-refractivity contribution is -0.384. The van der Waals surface area contributed by atoms with E-state index in [1.807, 2.05) is 6.07 Å². The maximum Gasteiger partial charge on any atom is 0.270 e. The lowest BCUT2D eigenvalue weighted by atomic mass is 10.2. The molecule has 0 spiro atoms. The molecule has 1 aromatic rings. The van der Waals surface area contributed by atoms with Crippen LogP contribution in [0.25, 0.3) is 0 Å².